The molecule has 1 aromatic rings. The van der Waals surface area contributed by atoms with Gasteiger partial charge in [0.1, 0.15) is 0 Å². The normalized spacial score (nSPS) is 27.6. The lowest BCUT2D eigenvalue weighted by Crippen LogP contribution is -2.35. The van der Waals surface area contributed by atoms with Gasteiger partial charge in [0.2, 0.25) is 5.95 Å². The Balaban J connectivity index is 1.51. The average molecular weight is 280 g/mol. The number of hydrogen-bond acceptors (Lipinski definition) is 3. The number of rotatable bonds is 4. The Hall–Kier alpha value is -0.830. The van der Waals surface area contributed by atoms with E-state index in [1.165, 1.54) is 32.1 Å². The van der Waals surface area contributed by atoms with Crippen molar-refractivity contribution < 1.29 is 0 Å². The van der Waals surface area contributed by atoms with Crippen molar-refractivity contribution in [2.24, 2.45) is 17.8 Å². The molecule has 0 spiro atoms. The maximum atomic E-state index is 5.83. The topological polar surface area (TPSA) is 29.0 Å². The molecular formula is C15H22ClN3. The quantitative estimate of drug-likeness (QED) is 0.840. The fraction of sp³-hybridized carbons (Fsp3) is 0.733. The molecule has 0 unspecified atom stereocenters. The first-order valence-corrected chi connectivity index (χ1v) is 7.88. The zero-order valence-electron chi connectivity index (χ0n) is 11.6. The van der Waals surface area contributed by atoms with Crippen molar-refractivity contribution in [2.45, 2.75) is 39.0 Å². The summed E-state index contributed by atoms with van der Waals surface area (Å²) >= 11 is 5.83. The van der Waals surface area contributed by atoms with E-state index in [1.54, 1.807) is 12.4 Å². The van der Waals surface area contributed by atoms with Crippen LogP contribution in [-0.4, -0.2) is 23.1 Å². The molecule has 1 aliphatic heterocycles. The molecule has 1 saturated heterocycles. The van der Waals surface area contributed by atoms with E-state index in [1.807, 2.05) is 0 Å². The van der Waals surface area contributed by atoms with Crippen LogP contribution in [0.4, 0.5) is 5.95 Å². The van der Waals surface area contributed by atoms with Gasteiger partial charge in [0.25, 0.3) is 0 Å². The lowest BCUT2D eigenvalue weighted by atomic mass is 9.90. The highest BCUT2D eigenvalue weighted by Gasteiger charge is 2.42. The maximum absolute atomic E-state index is 5.83. The number of halogens is 1. The first-order valence-electron chi connectivity index (χ1n) is 7.50. The molecule has 3 rings (SSSR count). The summed E-state index contributed by atoms with van der Waals surface area (Å²) in [7, 11) is 0. The van der Waals surface area contributed by atoms with Gasteiger partial charge >= 0.3 is 0 Å². The fourth-order valence-electron chi connectivity index (χ4n) is 3.55. The zero-order valence-corrected chi connectivity index (χ0v) is 12.3. The lowest BCUT2D eigenvalue weighted by molar-refractivity contribution is 0.341. The molecule has 1 saturated carbocycles. The average Bonchev–Trinajstić information content (AvgIpc) is 3.20. The smallest absolute Gasteiger partial charge is 0.225 e. The minimum Gasteiger partial charge on any atom is -0.341 e. The highest BCUT2D eigenvalue weighted by Crippen LogP contribution is 2.50. The van der Waals surface area contributed by atoms with Gasteiger partial charge in [-0.05, 0) is 37.0 Å². The predicted octanol–water partition coefficient (Wildman–Crippen LogP) is 3.78. The fourth-order valence-corrected chi connectivity index (χ4v) is 3.65. The van der Waals surface area contributed by atoms with Crippen LogP contribution in [0.2, 0.25) is 5.02 Å². The van der Waals surface area contributed by atoms with Gasteiger partial charge in [-0.15, -0.1) is 0 Å². The van der Waals surface area contributed by atoms with E-state index < -0.39 is 0 Å². The Kier molecular flexibility index (Phi) is 3.92. The van der Waals surface area contributed by atoms with Crippen molar-refractivity contribution in [3.05, 3.63) is 17.4 Å². The van der Waals surface area contributed by atoms with Gasteiger partial charge < -0.3 is 4.90 Å². The molecule has 0 N–H and O–H groups in total. The Morgan fingerprint density at radius 2 is 1.95 bits per heavy atom. The van der Waals surface area contributed by atoms with Gasteiger partial charge in [-0.25, -0.2) is 9.97 Å². The number of piperidine rings is 1. The Bertz CT molecular complexity index is 412. The molecule has 2 heterocycles. The summed E-state index contributed by atoms with van der Waals surface area (Å²) in [5, 5.41) is 0.610. The summed E-state index contributed by atoms with van der Waals surface area (Å²) in [4.78, 5) is 10.9. The summed E-state index contributed by atoms with van der Waals surface area (Å²) < 4.78 is 0. The van der Waals surface area contributed by atoms with E-state index in [0.29, 0.717) is 5.02 Å². The molecule has 2 atom stereocenters. The second-order valence-corrected chi connectivity index (χ2v) is 6.41. The summed E-state index contributed by atoms with van der Waals surface area (Å²) in [5.74, 6) is 3.84. The molecule has 2 aliphatic rings. The molecule has 0 amide bonds. The van der Waals surface area contributed by atoms with E-state index in [4.69, 9.17) is 11.6 Å². The molecule has 0 radical (unpaired) electrons. The van der Waals surface area contributed by atoms with Gasteiger partial charge in [0, 0.05) is 13.1 Å². The molecule has 19 heavy (non-hydrogen) atoms. The largest absolute Gasteiger partial charge is 0.341 e. The van der Waals surface area contributed by atoms with E-state index in [2.05, 4.69) is 21.8 Å². The van der Waals surface area contributed by atoms with Crippen LogP contribution in [0.1, 0.15) is 39.0 Å². The minimum absolute atomic E-state index is 0.610. The van der Waals surface area contributed by atoms with Crippen LogP contribution in [0.25, 0.3) is 0 Å². The van der Waals surface area contributed by atoms with E-state index in [-0.39, 0.29) is 0 Å². The molecule has 104 valence electrons. The zero-order chi connectivity index (χ0) is 13.2. The molecule has 1 aliphatic carbocycles. The van der Waals surface area contributed by atoms with Crippen molar-refractivity contribution in [2.75, 3.05) is 18.0 Å². The summed E-state index contributed by atoms with van der Waals surface area (Å²) in [6, 6.07) is 0. The molecule has 2 fully saturated rings. The second kappa shape index (κ2) is 5.66. The van der Waals surface area contributed by atoms with Crippen LogP contribution in [0, 0.1) is 17.8 Å². The Morgan fingerprint density at radius 3 is 2.58 bits per heavy atom. The summed E-state index contributed by atoms with van der Waals surface area (Å²) in [6.45, 7) is 4.50. The van der Waals surface area contributed by atoms with Gasteiger partial charge in [0.05, 0.1) is 17.4 Å². The molecular weight excluding hydrogens is 258 g/mol. The SMILES string of the molecule is CCC[C@@H]1C[C@@H]1C1CCN(c2ncc(Cl)cn2)CC1. The number of nitrogens with zero attached hydrogens (tertiary/aromatic N) is 3. The molecule has 4 heteroatoms. The molecule has 1 aromatic heterocycles. The van der Waals surface area contributed by atoms with Crippen LogP contribution in [0.3, 0.4) is 0 Å². The standard InChI is InChI=1S/C15H22ClN3/c1-2-3-12-8-14(12)11-4-6-19(7-5-11)15-17-9-13(16)10-18-15/h9-12,14H,2-8H2,1H3/t12-,14-/m1/s1. The van der Waals surface area contributed by atoms with Crippen LogP contribution >= 0.6 is 11.6 Å². The number of anilines is 1. The first kappa shape index (κ1) is 13.2. The van der Waals surface area contributed by atoms with E-state index in [9.17, 15) is 0 Å². The van der Waals surface area contributed by atoms with Crippen molar-refractivity contribution >= 4 is 17.5 Å². The van der Waals surface area contributed by atoms with Gasteiger partial charge in [0.15, 0.2) is 0 Å². The van der Waals surface area contributed by atoms with Gasteiger partial charge in [-0.1, -0.05) is 31.4 Å². The Morgan fingerprint density at radius 1 is 1.26 bits per heavy atom. The van der Waals surface area contributed by atoms with E-state index in [0.717, 1.165) is 36.8 Å². The highest BCUT2D eigenvalue weighted by atomic mass is 35.5. The van der Waals surface area contributed by atoms with Crippen molar-refractivity contribution in [1.82, 2.24) is 9.97 Å². The lowest BCUT2D eigenvalue weighted by Gasteiger charge is -2.32. The van der Waals surface area contributed by atoms with Crippen molar-refractivity contribution in [1.29, 1.82) is 0 Å². The van der Waals surface area contributed by atoms with Gasteiger partial charge in [-0.2, -0.15) is 0 Å². The minimum atomic E-state index is 0.610. The summed E-state index contributed by atoms with van der Waals surface area (Å²) in [5.41, 5.74) is 0. The van der Waals surface area contributed by atoms with Crippen molar-refractivity contribution in [3.8, 4) is 0 Å². The molecule has 0 bridgehead atoms. The third kappa shape index (κ3) is 3.02. The maximum Gasteiger partial charge on any atom is 0.225 e. The van der Waals surface area contributed by atoms with E-state index >= 15 is 0 Å². The number of aromatic nitrogens is 2. The van der Waals surface area contributed by atoms with Crippen LogP contribution < -0.4 is 4.90 Å². The third-order valence-electron chi connectivity index (χ3n) is 4.67. The number of hydrogen-bond donors (Lipinski definition) is 0. The summed E-state index contributed by atoms with van der Waals surface area (Å²) in [6.07, 6.45) is 10.2. The van der Waals surface area contributed by atoms with Crippen LogP contribution in [0.15, 0.2) is 12.4 Å². The van der Waals surface area contributed by atoms with Crippen LogP contribution in [0.5, 0.6) is 0 Å². The Labute approximate surface area is 120 Å². The van der Waals surface area contributed by atoms with Gasteiger partial charge in [-0.3, -0.25) is 0 Å². The first-order chi connectivity index (χ1) is 9.28. The van der Waals surface area contributed by atoms with Crippen molar-refractivity contribution in [3.63, 3.8) is 0 Å². The monoisotopic (exact) mass is 279 g/mol. The second-order valence-electron chi connectivity index (χ2n) is 5.97. The molecule has 3 nitrogen and oxygen atoms in total. The highest BCUT2D eigenvalue weighted by molar-refractivity contribution is 6.30. The predicted molar refractivity (Wildman–Crippen MR) is 78.5 cm³/mol. The van der Waals surface area contributed by atoms with Crippen LogP contribution in [-0.2, 0) is 0 Å². The molecule has 0 aromatic carbocycles. The third-order valence-corrected chi connectivity index (χ3v) is 4.87.